The van der Waals surface area contributed by atoms with Crippen LogP contribution in [-0.2, 0) is 11.3 Å². The number of nitrogens with zero attached hydrogens (tertiary/aromatic N) is 7. The third-order valence-electron chi connectivity index (χ3n) is 6.42. The normalized spacial score (nSPS) is 13.8. The topological polar surface area (TPSA) is 101 Å². The highest BCUT2D eigenvalue weighted by Crippen LogP contribution is 2.31. The molecule has 208 valence electrons. The number of hydrogen-bond donors (Lipinski definition) is 1. The van der Waals surface area contributed by atoms with E-state index in [1.165, 1.54) is 12.3 Å². The summed E-state index contributed by atoms with van der Waals surface area (Å²) in [6, 6.07) is 11.2. The van der Waals surface area contributed by atoms with Gasteiger partial charge in [-0.05, 0) is 64.1 Å². The third kappa shape index (κ3) is 6.36. The van der Waals surface area contributed by atoms with Crippen LogP contribution in [0.5, 0.6) is 0 Å². The number of piperazine rings is 1. The van der Waals surface area contributed by atoms with E-state index in [9.17, 15) is 9.18 Å². The summed E-state index contributed by atoms with van der Waals surface area (Å²) in [5.41, 5.74) is 4.03. The van der Waals surface area contributed by atoms with Gasteiger partial charge in [0.2, 0.25) is 5.95 Å². The number of amides is 1. The van der Waals surface area contributed by atoms with E-state index in [0.29, 0.717) is 42.5 Å². The lowest BCUT2D eigenvalue weighted by Crippen LogP contribution is -2.50. The molecule has 11 heteroatoms. The van der Waals surface area contributed by atoms with Gasteiger partial charge in [-0.2, -0.15) is 5.10 Å². The van der Waals surface area contributed by atoms with Gasteiger partial charge < -0.3 is 19.9 Å². The Morgan fingerprint density at radius 1 is 1.07 bits per heavy atom. The summed E-state index contributed by atoms with van der Waals surface area (Å²) in [7, 11) is 0. The Hall–Kier alpha value is -4.54. The second-order valence-corrected chi connectivity index (χ2v) is 10.5. The number of aromatic nitrogens is 5. The second kappa shape index (κ2) is 11.3. The predicted octanol–water partition coefficient (Wildman–Crippen LogP) is 5.36. The van der Waals surface area contributed by atoms with Gasteiger partial charge in [-0.25, -0.2) is 19.2 Å². The van der Waals surface area contributed by atoms with Crippen molar-refractivity contribution in [3.63, 3.8) is 0 Å². The molecule has 0 atom stereocenters. The van der Waals surface area contributed by atoms with E-state index >= 15 is 0 Å². The number of aryl methyl sites for hydroxylation is 1. The summed E-state index contributed by atoms with van der Waals surface area (Å²) in [4.78, 5) is 29.4. The zero-order valence-electron chi connectivity index (χ0n) is 23.1. The molecule has 0 radical (unpaired) electrons. The van der Waals surface area contributed by atoms with Gasteiger partial charge in [0.1, 0.15) is 17.1 Å². The fraction of sp³-hybridized carbons (Fsp3) is 0.345. The van der Waals surface area contributed by atoms with Gasteiger partial charge in [-0.1, -0.05) is 0 Å². The SMILES string of the molecule is CCn1cc(-c2ccnc(Nc3ccc(N4CCN(C(=O)OC(C)(C)C)CC4)cc3)n2)c(-c2cncc(F)c2)n1. The molecular weight excluding hydrogens is 511 g/mol. The zero-order chi connectivity index (χ0) is 28.3. The molecule has 1 aromatic carbocycles. The Bertz CT molecular complexity index is 1470. The zero-order valence-corrected chi connectivity index (χ0v) is 23.1. The Morgan fingerprint density at radius 3 is 2.50 bits per heavy atom. The number of rotatable bonds is 6. The average Bonchev–Trinajstić information content (AvgIpc) is 3.38. The first-order valence-corrected chi connectivity index (χ1v) is 13.3. The number of nitrogens with one attached hydrogen (secondary N) is 1. The fourth-order valence-corrected chi connectivity index (χ4v) is 4.45. The van der Waals surface area contributed by atoms with Crippen LogP contribution in [0.25, 0.3) is 22.5 Å². The van der Waals surface area contributed by atoms with E-state index in [4.69, 9.17) is 9.72 Å². The van der Waals surface area contributed by atoms with Gasteiger partial charge in [0.05, 0.1) is 11.9 Å². The number of carbonyl (C=O) groups is 1. The number of halogens is 1. The molecule has 0 unspecified atom stereocenters. The maximum Gasteiger partial charge on any atom is 0.410 e. The van der Waals surface area contributed by atoms with Crippen molar-refractivity contribution < 1.29 is 13.9 Å². The van der Waals surface area contributed by atoms with Crippen molar-refractivity contribution in [3.8, 4) is 22.5 Å². The average molecular weight is 545 g/mol. The van der Waals surface area contributed by atoms with Gasteiger partial charge >= 0.3 is 6.09 Å². The smallest absolute Gasteiger partial charge is 0.410 e. The molecular formula is C29H33FN8O2. The standard InChI is InChI=1S/C29H33FN8O2/c1-5-38-19-24(26(35-38)20-16-21(30)18-31-17-20)25-10-11-32-27(34-25)33-22-6-8-23(9-7-22)36-12-14-37(15-13-36)28(39)40-29(2,3)4/h6-11,16-19H,5,12-15H2,1-4H3,(H,32,33,34). The minimum Gasteiger partial charge on any atom is -0.444 e. The Morgan fingerprint density at radius 2 is 1.82 bits per heavy atom. The summed E-state index contributed by atoms with van der Waals surface area (Å²) in [5.74, 6) is 0.0108. The van der Waals surface area contributed by atoms with Crippen LogP contribution in [0, 0.1) is 5.82 Å². The van der Waals surface area contributed by atoms with Crippen molar-refractivity contribution in [2.45, 2.75) is 39.8 Å². The number of carbonyl (C=O) groups excluding carboxylic acids is 1. The van der Waals surface area contributed by atoms with Crippen LogP contribution in [0.2, 0.25) is 0 Å². The molecule has 1 fully saturated rings. The molecule has 40 heavy (non-hydrogen) atoms. The van der Waals surface area contributed by atoms with Gasteiger partial charge in [0.25, 0.3) is 0 Å². The van der Waals surface area contributed by atoms with Gasteiger partial charge in [-0.3, -0.25) is 9.67 Å². The highest BCUT2D eigenvalue weighted by atomic mass is 19.1. The van der Waals surface area contributed by atoms with E-state index in [-0.39, 0.29) is 6.09 Å². The highest BCUT2D eigenvalue weighted by molar-refractivity contribution is 5.78. The summed E-state index contributed by atoms with van der Waals surface area (Å²) in [6.45, 7) is 10.9. The molecule has 1 amide bonds. The lowest BCUT2D eigenvalue weighted by atomic mass is 10.1. The Kier molecular flexibility index (Phi) is 7.63. The van der Waals surface area contributed by atoms with Crippen molar-refractivity contribution in [1.82, 2.24) is 29.6 Å². The molecule has 0 saturated carbocycles. The molecule has 0 bridgehead atoms. The van der Waals surface area contributed by atoms with Crippen molar-refractivity contribution in [1.29, 1.82) is 0 Å². The quantitative estimate of drug-likeness (QED) is 0.346. The third-order valence-corrected chi connectivity index (χ3v) is 6.42. The largest absolute Gasteiger partial charge is 0.444 e. The van der Waals surface area contributed by atoms with Crippen LogP contribution in [0.4, 0.5) is 26.5 Å². The fourth-order valence-electron chi connectivity index (χ4n) is 4.45. The van der Waals surface area contributed by atoms with Gasteiger partial charge in [-0.15, -0.1) is 0 Å². The van der Waals surface area contributed by atoms with Crippen LogP contribution in [0.15, 0.2) is 61.2 Å². The molecule has 4 aromatic rings. The Labute approximate surface area is 232 Å². The predicted molar refractivity (Wildman–Crippen MR) is 152 cm³/mol. The molecule has 10 nitrogen and oxygen atoms in total. The first-order valence-electron chi connectivity index (χ1n) is 13.3. The van der Waals surface area contributed by atoms with Crippen molar-refractivity contribution in [2.75, 3.05) is 36.4 Å². The van der Waals surface area contributed by atoms with E-state index in [0.717, 1.165) is 30.0 Å². The number of benzene rings is 1. The molecule has 0 aliphatic carbocycles. The first-order chi connectivity index (χ1) is 19.2. The second-order valence-electron chi connectivity index (χ2n) is 10.5. The molecule has 4 heterocycles. The van der Waals surface area contributed by atoms with Gasteiger partial charge in [0.15, 0.2) is 0 Å². The first kappa shape index (κ1) is 27.0. The van der Waals surface area contributed by atoms with Crippen LogP contribution >= 0.6 is 0 Å². The van der Waals surface area contributed by atoms with Crippen molar-refractivity contribution in [2.24, 2.45) is 0 Å². The van der Waals surface area contributed by atoms with Crippen molar-refractivity contribution in [3.05, 3.63) is 67.0 Å². The van der Waals surface area contributed by atoms with E-state index in [2.05, 4.69) is 25.3 Å². The molecule has 1 aliphatic heterocycles. The molecule has 3 aromatic heterocycles. The molecule has 5 rings (SSSR count). The number of anilines is 3. The summed E-state index contributed by atoms with van der Waals surface area (Å²) >= 11 is 0. The van der Waals surface area contributed by atoms with Crippen molar-refractivity contribution >= 4 is 23.4 Å². The Balaban J connectivity index is 1.27. The van der Waals surface area contributed by atoms with Gasteiger partial charge in [0, 0.05) is 73.8 Å². The van der Waals surface area contributed by atoms with Crippen LogP contribution in [0.1, 0.15) is 27.7 Å². The lowest BCUT2D eigenvalue weighted by molar-refractivity contribution is 0.0240. The number of hydrogen-bond acceptors (Lipinski definition) is 8. The molecule has 0 spiro atoms. The lowest BCUT2D eigenvalue weighted by Gasteiger charge is -2.36. The summed E-state index contributed by atoms with van der Waals surface area (Å²) in [5, 5.41) is 7.88. The summed E-state index contributed by atoms with van der Waals surface area (Å²) < 4.78 is 21.2. The van der Waals surface area contributed by atoms with E-state index in [1.54, 1.807) is 28.0 Å². The molecule has 1 N–H and O–H groups in total. The van der Waals surface area contributed by atoms with E-state index < -0.39 is 11.4 Å². The maximum atomic E-state index is 13.9. The molecule has 1 aliphatic rings. The minimum atomic E-state index is -0.501. The highest BCUT2D eigenvalue weighted by Gasteiger charge is 2.26. The number of pyridine rings is 1. The van der Waals surface area contributed by atoms with Crippen LogP contribution < -0.4 is 10.2 Å². The minimum absolute atomic E-state index is 0.268. The number of ether oxygens (including phenoxy) is 1. The monoisotopic (exact) mass is 544 g/mol. The summed E-state index contributed by atoms with van der Waals surface area (Å²) in [6.07, 6.45) is 6.07. The van der Waals surface area contributed by atoms with Crippen LogP contribution in [-0.4, -0.2) is 67.5 Å². The maximum absolute atomic E-state index is 13.9. The molecule has 1 saturated heterocycles. The van der Waals surface area contributed by atoms with E-state index in [1.807, 2.05) is 58.2 Å². The van der Waals surface area contributed by atoms with Crippen LogP contribution in [0.3, 0.4) is 0 Å².